The second-order valence-corrected chi connectivity index (χ2v) is 4.72. The summed E-state index contributed by atoms with van der Waals surface area (Å²) < 4.78 is 0. The highest BCUT2D eigenvalue weighted by Crippen LogP contribution is 2.35. The normalized spacial score (nSPS) is 15.1. The second kappa shape index (κ2) is 4.64. The maximum Gasteiger partial charge on any atom is 0.153 e. The highest BCUT2D eigenvalue weighted by atomic mass is 15.2. The molecule has 0 bridgehead atoms. The molecular weight excluding hydrogens is 224 g/mol. The lowest BCUT2D eigenvalue weighted by Gasteiger charge is -2.24. The molecule has 1 saturated carbocycles. The second-order valence-electron chi connectivity index (χ2n) is 4.72. The van der Waals surface area contributed by atoms with Crippen molar-refractivity contribution >= 4 is 17.2 Å². The smallest absolute Gasteiger partial charge is 0.153 e. The number of nitrogens with zero attached hydrogens (tertiary/aromatic N) is 2. The minimum Gasteiger partial charge on any atom is -0.399 e. The van der Waals surface area contributed by atoms with Crippen LogP contribution in [0.5, 0.6) is 0 Å². The Labute approximate surface area is 106 Å². The first kappa shape index (κ1) is 11.0. The molecule has 0 aliphatic heterocycles. The van der Waals surface area contributed by atoms with E-state index in [4.69, 9.17) is 5.73 Å². The molecule has 1 aliphatic rings. The predicted molar refractivity (Wildman–Crippen MR) is 72.8 cm³/mol. The average molecular weight is 240 g/mol. The summed E-state index contributed by atoms with van der Waals surface area (Å²) in [4.78, 5) is 0. The third-order valence-electron chi connectivity index (χ3n) is 3.39. The summed E-state index contributed by atoms with van der Waals surface area (Å²) in [5, 5.41) is 11.7. The lowest BCUT2D eigenvalue weighted by molar-refractivity contribution is 0.408. The summed E-state index contributed by atoms with van der Waals surface area (Å²) in [6, 6.07) is 11.6. The first-order chi connectivity index (χ1) is 8.81. The zero-order valence-electron chi connectivity index (χ0n) is 10.1. The van der Waals surface area contributed by atoms with Gasteiger partial charge in [-0.2, -0.15) is 5.10 Å². The fraction of sp³-hybridized carbons (Fsp3) is 0.286. The van der Waals surface area contributed by atoms with Crippen LogP contribution in [0.2, 0.25) is 0 Å². The largest absolute Gasteiger partial charge is 0.399 e. The van der Waals surface area contributed by atoms with Crippen LogP contribution in [0.4, 0.5) is 17.2 Å². The highest BCUT2D eigenvalue weighted by molar-refractivity contribution is 5.58. The molecule has 0 radical (unpaired) electrons. The van der Waals surface area contributed by atoms with Crippen LogP contribution >= 0.6 is 0 Å². The number of benzene rings is 1. The van der Waals surface area contributed by atoms with E-state index < -0.39 is 0 Å². The summed E-state index contributed by atoms with van der Waals surface area (Å²) in [6.07, 6.45) is 3.82. The molecule has 0 unspecified atom stereocenters. The van der Waals surface area contributed by atoms with Crippen LogP contribution in [0, 0.1) is 0 Å². The molecule has 1 aromatic heterocycles. The van der Waals surface area contributed by atoms with Crippen molar-refractivity contribution in [1.82, 2.24) is 10.2 Å². The molecule has 18 heavy (non-hydrogen) atoms. The third kappa shape index (κ3) is 2.27. The molecule has 4 heteroatoms. The van der Waals surface area contributed by atoms with Crippen LogP contribution in [-0.4, -0.2) is 10.2 Å². The van der Waals surface area contributed by atoms with E-state index in [1.165, 1.54) is 19.3 Å². The minimum atomic E-state index is 0.628. The molecule has 4 nitrogen and oxygen atoms in total. The molecule has 1 fully saturated rings. The maximum absolute atomic E-state index is 5.64. The van der Waals surface area contributed by atoms with Gasteiger partial charge < -0.3 is 11.1 Å². The molecule has 3 rings (SSSR count). The van der Waals surface area contributed by atoms with E-state index in [0.717, 1.165) is 22.9 Å². The van der Waals surface area contributed by atoms with Crippen LogP contribution in [0.15, 0.2) is 36.4 Å². The predicted octanol–water partition coefficient (Wildman–Crippen LogP) is 3.07. The van der Waals surface area contributed by atoms with Gasteiger partial charge in [0, 0.05) is 17.3 Å². The number of anilines is 3. The van der Waals surface area contributed by atoms with E-state index in [0.29, 0.717) is 5.92 Å². The quantitative estimate of drug-likeness (QED) is 0.809. The lowest BCUT2D eigenvalue weighted by Crippen LogP contribution is -2.11. The van der Waals surface area contributed by atoms with Gasteiger partial charge in [-0.25, -0.2) is 0 Å². The van der Waals surface area contributed by atoms with Crippen molar-refractivity contribution < 1.29 is 0 Å². The summed E-state index contributed by atoms with van der Waals surface area (Å²) >= 11 is 0. The Balaban J connectivity index is 1.70. The molecule has 0 atom stereocenters. The standard InChI is InChI=1S/C14H16N4/c15-11-4-6-12(7-5-11)16-14-9-8-13(17-18-14)10-2-1-3-10/h4-10H,1-3,15H2,(H,16,18). The van der Waals surface area contributed by atoms with Crippen LogP contribution in [0.25, 0.3) is 0 Å². The van der Waals surface area contributed by atoms with Crippen molar-refractivity contribution in [3.8, 4) is 0 Å². The van der Waals surface area contributed by atoms with Gasteiger partial charge in [0.2, 0.25) is 0 Å². The Kier molecular flexibility index (Phi) is 2.84. The Hall–Kier alpha value is -2.10. The van der Waals surface area contributed by atoms with Crippen molar-refractivity contribution in [2.24, 2.45) is 0 Å². The number of hydrogen-bond acceptors (Lipinski definition) is 4. The molecule has 1 aliphatic carbocycles. The average Bonchev–Trinajstić information content (AvgIpc) is 2.32. The molecule has 1 heterocycles. The van der Waals surface area contributed by atoms with Gasteiger partial charge in [-0.15, -0.1) is 5.10 Å². The molecule has 0 saturated heterocycles. The molecule has 2 aromatic rings. The van der Waals surface area contributed by atoms with Gasteiger partial charge >= 0.3 is 0 Å². The van der Waals surface area contributed by atoms with Crippen molar-refractivity contribution in [3.63, 3.8) is 0 Å². The van der Waals surface area contributed by atoms with Crippen molar-refractivity contribution in [2.75, 3.05) is 11.1 Å². The van der Waals surface area contributed by atoms with Gasteiger partial charge in [0.25, 0.3) is 0 Å². The van der Waals surface area contributed by atoms with E-state index in [2.05, 4.69) is 21.6 Å². The zero-order valence-corrected chi connectivity index (χ0v) is 10.1. The van der Waals surface area contributed by atoms with E-state index in [9.17, 15) is 0 Å². The van der Waals surface area contributed by atoms with Crippen molar-refractivity contribution in [1.29, 1.82) is 0 Å². The molecular formula is C14H16N4. The molecule has 0 amide bonds. The van der Waals surface area contributed by atoms with Crippen LogP contribution in [-0.2, 0) is 0 Å². The molecule has 92 valence electrons. The summed E-state index contributed by atoms with van der Waals surface area (Å²) in [6.45, 7) is 0. The highest BCUT2D eigenvalue weighted by Gasteiger charge is 2.20. The summed E-state index contributed by atoms with van der Waals surface area (Å²) in [5.74, 6) is 1.39. The number of hydrogen-bond donors (Lipinski definition) is 2. The summed E-state index contributed by atoms with van der Waals surface area (Å²) in [5.41, 5.74) is 8.48. The van der Waals surface area contributed by atoms with E-state index >= 15 is 0 Å². The first-order valence-corrected chi connectivity index (χ1v) is 6.27. The minimum absolute atomic E-state index is 0.628. The van der Waals surface area contributed by atoms with Gasteiger partial charge in [0.05, 0.1) is 5.69 Å². The maximum atomic E-state index is 5.64. The number of nitrogens with two attached hydrogens (primary N) is 1. The van der Waals surface area contributed by atoms with Gasteiger partial charge in [0.15, 0.2) is 5.82 Å². The monoisotopic (exact) mass is 240 g/mol. The van der Waals surface area contributed by atoms with Gasteiger partial charge in [-0.05, 0) is 49.2 Å². The van der Waals surface area contributed by atoms with Crippen LogP contribution in [0.3, 0.4) is 0 Å². The SMILES string of the molecule is Nc1ccc(Nc2ccc(C3CCC3)nn2)cc1. The molecule has 3 N–H and O–H groups in total. The van der Waals surface area contributed by atoms with Crippen LogP contribution < -0.4 is 11.1 Å². The van der Waals surface area contributed by atoms with Crippen molar-refractivity contribution in [3.05, 3.63) is 42.1 Å². The molecule has 0 spiro atoms. The topological polar surface area (TPSA) is 63.8 Å². The molecule has 1 aromatic carbocycles. The van der Waals surface area contributed by atoms with E-state index in [-0.39, 0.29) is 0 Å². The first-order valence-electron chi connectivity index (χ1n) is 6.27. The number of nitrogens with one attached hydrogen (secondary N) is 1. The lowest BCUT2D eigenvalue weighted by atomic mass is 9.83. The Morgan fingerprint density at radius 2 is 1.78 bits per heavy atom. The van der Waals surface area contributed by atoms with Gasteiger partial charge in [-0.1, -0.05) is 6.42 Å². The Morgan fingerprint density at radius 1 is 1.00 bits per heavy atom. The Bertz CT molecular complexity index is 514. The number of nitrogen functional groups attached to an aromatic ring is 1. The van der Waals surface area contributed by atoms with Crippen molar-refractivity contribution in [2.45, 2.75) is 25.2 Å². The van der Waals surface area contributed by atoms with Gasteiger partial charge in [-0.3, -0.25) is 0 Å². The van der Waals surface area contributed by atoms with E-state index in [1.54, 1.807) is 0 Å². The van der Waals surface area contributed by atoms with Gasteiger partial charge in [0.1, 0.15) is 0 Å². The zero-order chi connectivity index (χ0) is 12.4. The number of rotatable bonds is 3. The van der Waals surface area contributed by atoms with E-state index in [1.807, 2.05) is 30.3 Å². The number of aromatic nitrogens is 2. The Morgan fingerprint density at radius 3 is 2.33 bits per heavy atom. The fourth-order valence-corrected chi connectivity index (χ4v) is 2.05. The third-order valence-corrected chi connectivity index (χ3v) is 3.39. The summed E-state index contributed by atoms with van der Waals surface area (Å²) in [7, 11) is 0. The van der Waals surface area contributed by atoms with Crippen LogP contribution in [0.1, 0.15) is 30.9 Å². The fourth-order valence-electron chi connectivity index (χ4n) is 2.05.